The molecule has 0 aliphatic carbocycles. The maximum Gasteiger partial charge on any atom is 0.0960 e. The van der Waals surface area contributed by atoms with E-state index in [0.29, 0.717) is 0 Å². The summed E-state index contributed by atoms with van der Waals surface area (Å²) >= 11 is 3.75. The molecule has 3 heterocycles. The fourth-order valence-corrected chi connectivity index (χ4v) is 10.2. The summed E-state index contributed by atoms with van der Waals surface area (Å²) in [5, 5.41) is 11.5. The van der Waals surface area contributed by atoms with E-state index in [1.807, 2.05) is 36.5 Å². The molecular formula is C45H37N3S2. The molecule has 0 spiro atoms. The van der Waals surface area contributed by atoms with Gasteiger partial charge in [0.25, 0.3) is 0 Å². The highest BCUT2D eigenvalue weighted by atomic mass is 32.1. The Morgan fingerprint density at radius 1 is 0.540 bits per heavy atom. The normalized spacial score (nSPS) is 12.0. The number of aromatic nitrogens is 1. The van der Waals surface area contributed by atoms with Gasteiger partial charge >= 0.3 is 0 Å². The number of nitrogens with two attached hydrogens (primary N) is 1. The zero-order valence-electron chi connectivity index (χ0n) is 28.4. The van der Waals surface area contributed by atoms with Gasteiger partial charge in [-0.3, -0.25) is 4.99 Å². The number of thiophene rings is 2. The standard InChI is InChI=1S/C42H26N2S2.C2H6.CH5N/c1-43-37-31-20-10-12-22-34(31)46-42(37)38(26-14-3-2-4-15-26)44-39-27-16-6-5-13-25(27)23-24-32(39)35-28-17-7-8-18-29(28)36-30-19-9-11-21-33(30)45-41(36)40(35)44;2*1-2/h2-24,38H,1H2;1-2H3;2H2,1H3. The van der Waals surface area contributed by atoms with E-state index in [1.165, 1.54) is 85.7 Å². The SMILES string of the molecule is C=Nc1c(C(c2ccccc2)n2c3c4ccccc4ccc3c3c4ccccc4c4c5ccccc5sc4c32)sc2ccccc12.CC.CN. The van der Waals surface area contributed by atoms with Gasteiger partial charge in [-0.05, 0) is 47.6 Å². The average Bonchev–Trinajstić information content (AvgIpc) is 3.87. The van der Waals surface area contributed by atoms with Crippen LogP contribution in [0.15, 0.2) is 145 Å². The second-order valence-electron chi connectivity index (χ2n) is 11.9. The molecule has 7 aromatic carbocycles. The third-order valence-electron chi connectivity index (χ3n) is 9.54. The van der Waals surface area contributed by atoms with Gasteiger partial charge in [0.2, 0.25) is 0 Å². The van der Waals surface area contributed by atoms with Crippen LogP contribution in [0.25, 0.3) is 73.6 Å². The van der Waals surface area contributed by atoms with Crippen LogP contribution in [0.1, 0.15) is 30.3 Å². The van der Waals surface area contributed by atoms with Gasteiger partial charge in [0.05, 0.1) is 32.3 Å². The Labute approximate surface area is 299 Å². The molecule has 2 N–H and O–H groups in total. The summed E-state index contributed by atoms with van der Waals surface area (Å²) in [6.07, 6.45) is 0. The Bertz CT molecular complexity index is 2840. The van der Waals surface area contributed by atoms with E-state index in [9.17, 15) is 0 Å². The Hall–Kier alpha value is -5.33. The third kappa shape index (κ3) is 4.69. The first-order valence-corrected chi connectivity index (χ1v) is 18.7. The molecule has 1 unspecified atom stereocenters. The first-order valence-electron chi connectivity index (χ1n) is 17.1. The monoisotopic (exact) mass is 683 g/mol. The van der Waals surface area contributed by atoms with E-state index in [0.717, 1.165) is 11.1 Å². The number of fused-ring (bicyclic) bond motifs is 13. The molecular weight excluding hydrogens is 647 g/mol. The highest BCUT2D eigenvalue weighted by Gasteiger charge is 2.30. The minimum atomic E-state index is -0.125. The maximum atomic E-state index is 4.73. The summed E-state index contributed by atoms with van der Waals surface area (Å²) < 4.78 is 6.52. The topological polar surface area (TPSA) is 43.3 Å². The minimum absolute atomic E-state index is 0.125. The van der Waals surface area contributed by atoms with Gasteiger partial charge in [0.1, 0.15) is 0 Å². The van der Waals surface area contributed by atoms with Crippen molar-refractivity contribution in [2.45, 2.75) is 19.9 Å². The van der Waals surface area contributed by atoms with E-state index in [4.69, 9.17) is 4.99 Å². The molecule has 0 aliphatic heterocycles. The number of aliphatic imine (C=N–C) groups is 1. The van der Waals surface area contributed by atoms with Crippen LogP contribution in [0.4, 0.5) is 5.69 Å². The van der Waals surface area contributed by atoms with Crippen LogP contribution in [0.3, 0.4) is 0 Å². The minimum Gasteiger partial charge on any atom is -0.333 e. The first kappa shape index (κ1) is 31.9. The molecule has 0 amide bonds. The molecule has 0 saturated heterocycles. The largest absolute Gasteiger partial charge is 0.333 e. The van der Waals surface area contributed by atoms with Crippen LogP contribution >= 0.6 is 22.7 Å². The smallest absolute Gasteiger partial charge is 0.0960 e. The summed E-state index contributed by atoms with van der Waals surface area (Å²) in [4.78, 5) is 5.94. The van der Waals surface area contributed by atoms with Crippen LogP contribution in [0, 0.1) is 0 Å². The zero-order chi connectivity index (χ0) is 34.4. The second-order valence-corrected chi connectivity index (χ2v) is 14.0. The molecule has 3 nitrogen and oxygen atoms in total. The number of hydrogen-bond acceptors (Lipinski definition) is 4. The zero-order valence-corrected chi connectivity index (χ0v) is 30.0. The van der Waals surface area contributed by atoms with E-state index < -0.39 is 0 Å². The lowest BCUT2D eigenvalue weighted by Crippen LogP contribution is -2.11. The molecule has 1 atom stereocenters. The molecule has 10 rings (SSSR count). The van der Waals surface area contributed by atoms with E-state index in [1.54, 1.807) is 0 Å². The molecule has 0 radical (unpaired) electrons. The van der Waals surface area contributed by atoms with Gasteiger partial charge in [0.15, 0.2) is 0 Å². The molecule has 0 fully saturated rings. The van der Waals surface area contributed by atoms with Crippen LogP contribution in [-0.4, -0.2) is 18.3 Å². The summed E-state index contributed by atoms with van der Waals surface area (Å²) in [7, 11) is 1.50. The Morgan fingerprint density at radius 2 is 1.10 bits per heavy atom. The van der Waals surface area contributed by atoms with Crippen molar-refractivity contribution in [3.05, 3.63) is 150 Å². The summed E-state index contributed by atoms with van der Waals surface area (Å²) in [5.41, 5.74) is 9.23. The Morgan fingerprint density at radius 3 is 1.80 bits per heavy atom. The summed E-state index contributed by atoms with van der Waals surface area (Å²) in [5.74, 6) is 0. The lowest BCUT2D eigenvalue weighted by molar-refractivity contribution is 0.746. The molecule has 3 aromatic heterocycles. The average molecular weight is 684 g/mol. The number of rotatable bonds is 4. The van der Waals surface area contributed by atoms with Crippen molar-refractivity contribution in [3.63, 3.8) is 0 Å². The fourth-order valence-electron chi connectivity index (χ4n) is 7.68. The molecule has 50 heavy (non-hydrogen) atoms. The van der Waals surface area contributed by atoms with Crippen LogP contribution in [-0.2, 0) is 0 Å². The fraction of sp³-hybridized carbons (Fsp3) is 0.0889. The highest BCUT2D eigenvalue weighted by Crippen LogP contribution is 2.52. The van der Waals surface area contributed by atoms with Gasteiger partial charge in [-0.2, -0.15) is 0 Å². The van der Waals surface area contributed by atoms with E-state index in [2.05, 4.69) is 157 Å². The molecule has 10 aromatic rings. The van der Waals surface area contributed by atoms with E-state index >= 15 is 0 Å². The van der Waals surface area contributed by atoms with Gasteiger partial charge in [-0.1, -0.05) is 141 Å². The Kier molecular flexibility index (Phi) is 8.41. The lowest BCUT2D eigenvalue weighted by atomic mass is 9.98. The first-order chi connectivity index (χ1) is 24.8. The third-order valence-corrected chi connectivity index (χ3v) is 11.9. The molecule has 0 aliphatic rings. The van der Waals surface area contributed by atoms with E-state index in [-0.39, 0.29) is 6.04 Å². The predicted octanol–water partition coefficient (Wildman–Crippen LogP) is 13.3. The van der Waals surface area contributed by atoms with Gasteiger partial charge < -0.3 is 10.3 Å². The lowest BCUT2D eigenvalue weighted by Gasteiger charge is -2.23. The Balaban J connectivity index is 0.000000873. The summed E-state index contributed by atoms with van der Waals surface area (Å²) in [6, 6.07) is 50.8. The van der Waals surface area contributed by atoms with Crippen LogP contribution in [0.2, 0.25) is 0 Å². The van der Waals surface area contributed by atoms with Gasteiger partial charge in [0, 0.05) is 41.7 Å². The highest BCUT2D eigenvalue weighted by molar-refractivity contribution is 7.27. The van der Waals surface area contributed by atoms with Crippen molar-refractivity contribution in [2.24, 2.45) is 10.7 Å². The summed E-state index contributed by atoms with van der Waals surface area (Å²) in [6.45, 7) is 8.12. The van der Waals surface area contributed by atoms with Crippen molar-refractivity contribution in [1.82, 2.24) is 4.57 Å². The van der Waals surface area contributed by atoms with Crippen LogP contribution in [0.5, 0.6) is 0 Å². The quantitative estimate of drug-likeness (QED) is 0.184. The van der Waals surface area contributed by atoms with Crippen molar-refractivity contribution in [1.29, 1.82) is 0 Å². The van der Waals surface area contributed by atoms with Crippen molar-refractivity contribution < 1.29 is 0 Å². The number of benzene rings is 7. The van der Waals surface area contributed by atoms with Crippen molar-refractivity contribution >= 4 is 109 Å². The van der Waals surface area contributed by atoms with Gasteiger partial charge in [-0.25, -0.2) is 0 Å². The second kappa shape index (κ2) is 13.2. The maximum absolute atomic E-state index is 4.73. The molecule has 0 saturated carbocycles. The molecule has 244 valence electrons. The van der Waals surface area contributed by atoms with Crippen molar-refractivity contribution in [3.8, 4) is 0 Å². The van der Waals surface area contributed by atoms with Crippen LogP contribution < -0.4 is 5.73 Å². The number of nitrogens with zero attached hydrogens (tertiary/aromatic N) is 2. The van der Waals surface area contributed by atoms with Crippen molar-refractivity contribution in [2.75, 3.05) is 7.05 Å². The molecule has 0 bridgehead atoms. The predicted molar refractivity (Wildman–Crippen MR) is 224 cm³/mol. The van der Waals surface area contributed by atoms with Gasteiger partial charge in [-0.15, -0.1) is 22.7 Å². The number of hydrogen-bond donors (Lipinski definition) is 1. The molecule has 5 heteroatoms.